The van der Waals surface area contributed by atoms with Gasteiger partial charge in [-0.2, -0.15) is 0 Å². The van der Waals surface area contributed by atoms with Crippen LogP contribution < -0.4 is 4.90 Å². The highest BCUT2D eigenvalue weighted by Crippen LogP contribution is 2.26. The van der Waals surface area contributed by atoms with Gasteiger partial charge in [0.1, 0.15) is 0 Å². The van der Waals surface area contributed by atoms with Gasteiger partial charge in [0.15, 0.2) is 0 Å². The zero-order chi connectivity index (χ0) is 13.3. The highest BCUT2D eigenvalue weighted by atomic mass is 79.9. The maximum atomic E-state index is 12.3. The second-order valence-electron chi connectivity index (χ2n) is 4.26. The molecule has 0 saturated heterocycles. The number of aryl methyl sites for hydroxylation is 2. The van der Waals surface area contributed by atoms with Crippen molar-refractivity contribution in [2.75, 3.05) is 11.9 Å². The number of carbonyl (C=O) groups excluding carboxylic acids is 1. The summed E-state index contributed by atoms with van der Waals surface area (Å²) in [7, 11) is 1.81. The van der Waals surface area contributed by atoms with E-state index in [2.05, 4.69) is 28.9 Å². The molecule has 0 radical (unpaired) electrons. The third-order valence-electron chi connectivity index (χ3n) is 2.80. The van der Waals surface area contributed by atoms with E-state index in [4.69, 9.17) is 0 Å². The van der Waals surface area contributed by atoms with Crippen molar-refractivity contribution in [2.45, 2.75) is 13.8 Å². The number of rotatable bonds is 2. The highest BCUT2D eigenvalue weighted by Gasteiger charge is 2.16. The predicted octanol–water partition coefficient (Wildman–Crippen LogP) is 4.40. The van der Waals surface area contributed by atoms with E-state index in [-0.39, 0.29) is 5.91 Å². The third kappa shape index (κ3) is 2.65. The first-order valence-corrected chi connectivity index (χ1v) is 7.20. The molecule has 2 rings (SSSR count). The van der Waals surface area contributed by atoms with E-state index < -0.39 is 0 Å². The average Bonchev–Trinajstić information content (AvgIpc) is 2.74. The molecular formula is C14H14BrNOS. The van der Waals surface area contributed by atoms with Gasteiger partial charge in [0.2, 0.25) is 0 Å². The summed E-state index contributed by atoms with van der Waals surface area (Å²) in [6, 6.07) is 9.84. The summed E-state index contributed by atoms with van der Waals surface area (Å²) < 4.78 is 0.972. The topological polar surface area (TPSA) is 20.3 Å². The van der Waals surface area contributed by atoms with Crippen molar-refractivity contribution in [3.05, 3.63) is 50.1 Å². The van der Waals surface area contributed by atoms with Crippen LogP contribution in [-0.4, -0.2) is 13.0 Å². The Morgan fingerprint density at radius 2 is 1.94 bits per heavy atom. The van der Waals surface area contributed by atoms with Crippen molar-refractivity contribution in [3.63, 3.8) is 0 Å². The van der Waals surface area contributed by atoms with Crippen LogP contribution in [0, 0.1) is 13.8 Å². The predicted molar refractivity (Wildman–Crippen MR) is 80.7 cm³/mol. The smallest absolute Gasteiger partial charge is 0.268 e. The minimum Gasteiger partial charge on any atom is -0.310 e. The third-order valence-corrected chi connectivity index (χ3v) is 4.41. The first kappa shape index (κ1) is 13.3. The van der Waals surface area contributed by atoms with Crippen molar-refractivity contribution in [2.24, 2.45) is 0 Å². The van der Waals surface area contributed by atoms with Crippen LogP contribution in [-0.2, 0) is 0 Å². The van der Waals surface area contributed by atoms with E-state index in [0.717, 1.165) is 19.9 Å². The fraction of sp³-hybridized carbons (Fsp3) is 0.214. The number of nitrogens with zero attached hydrogens (tertiary/aromatic N) is 1. The molecule has 0 bridgehead atoms. The molecule has 0 N–H and O–H groups in total. The SMILES string of the molecule is Cc1ccc(N(C)C(=O)c2ccc(Br)s2)c(C)c1. The van der Waals surface area contributed by atoms with Crippen LogP contribution in [0.4, 0.5) is 5.69 Å². The Morgan fingerprint density at radius 1 is 1.22 bits per heavy atom. The number of benzene rings is 1. The molecule has 1 aromatic carbocycles. The Morgan fingerprint density at radius 3 is 2.50 bits per heavy atom. The first-order valence-electron chi connectivity index (χ1n) is 5.59. The van der Waals surface area contributed by atoms with Gasteiger partial charge in [0.25, 0.3) is 5.91 Å². The molecule has 1 heterocycles. The minimum absolute atomic E-state index is 0.0256. The Hall–Kier alpha value is -1.13. The zero-order valence-electron chi connectivity index (χ0n) is 10.5. The van der Waals surface area contributed by atoms with Crippen LogP contribution >= 0.6 is 27.3 Å². The molecule has 1 aromatic heterocycles. The maximum Gasteiger partial charge on any atom is 0.268 e. The van der Waals surface area contributed by atoms with E-state index in [1.807, 2.05) is 38.2 Å². The minimum atomic E-state index is 0.0256. The van der Waals surface area contributed by atoms with Crippen LogP contribution in [0.2, 0.25) is 0 Å². The number of amides is 1. The Bertz CT molecular complexity index is 591. The molecule has 2 nitrogen and oxygen atoms in total. The molecule has 1 amide bonds. The number of halogens is 1. The van der Waals surface area contributed by atoms with Crippen molar-refractivity contribution in [1.29, 1.82) is 0 Å². The standard InChI is InChI=1S/C14H14BrNOS/c1-9-4-5-11(10(2)8-9)16(3)14(17)12-6-7-13(15)18-12/h4-8H,1-3H3. The number of hydrogen-bond donors (Lipinski definition) is 0. The second-order valence-corrected chi connectivity index (χ2v) is 6.72. The molecule has 0 aliphatic heterocycles. The van der Waals surface area contributed by atoms with Gasteiger partial charge in [0, 0.05) is 12.7 Å². The van der Waals surface area contributed by atoms with Crippen LogP contribution in [0.25, 0.3) is 0 Å². The summed E-state index contributed by atoms with van der Waals surface area (Å²) in [6.07, 6.45) is 0. The molecular weight excluding hydrogens is 310 g/mol. The van der Waals surface area contributed by atoms with Gasteiger partial charge in [-0.15, -0.1) is 11.3 Å². The Labute approximate surface area is 119 Å². The van der Waals surface area contributed by atoms with Crippen molar-refractivity contribution >= 4 is 38.9 Å². The second kappa shape index (κ2) is 5.24. The maximum absolute atomic E-state index is 12.3. The molecule has 2 aromatic rings. The number of carbonyl (C=O) groups is 1. The van der Waals surface area contributed by atoms with Crippen molar-refractivity contribution in [1.82, 2.24) is 0 Å². The summed E-state index contributed by atoms with van der Waals surface area (Å²) in [5.74, 6) is 0.0256. The highest BCUT2D eigenvalue weighted by molar-refractivity contribution is 9.11. The molecule has 0 saturated carbocycles. The molecule has 0 atom stereocenters. The summed E-state index contributed by atoms with van der Waals surface area (Å²) in [5, 5.41) is 0. The van der Waals surface area contributed by atoms with Crippen molar-refractivity contribution in [3.8, 4) is 0 Å². The monoisotopic (exact) mass is 323 g/mol. The van der Waals surface area contributed by atoms with Gasteiger partial charge in [-0.25, -0.2) is 0 Å². The summed E-state index contributed by atoms with van der Waals surface area (Å²) in [5.41, 5.74) is 3.27. The molecule has 18 heavy (non-hydrogen) atoms. The fourth-order valence-electron chi connectivity index (χ4n) is 1.89. The van der Waals surface area contributed by atoms with Crippen LogP contribution in [0.1, 0.15) is 20.8 Å². The van der Waals surface area contributed by atoms with E-state index >= 15 is 0 Å². The lowest BCUT2D eigenvalue weighted by molar-refractivity contribution is 0.0996. The van der Waals surface area contributed by atoms with Gasteiger partial charge in [-0.3, -0.25) is 4.79 Å². The normalized spacial score (nSPS) is 10.4. The molecule has 0 fully saturated rings. The lowest BCUT2D eigenvalue weighted by atomic mass is 10.1. The van der Waals surface area contributed by atoms with Gasteiger partial charge in [0.05, 0.1) is 8.66 Å². The fourth-order valence-corrected chi connectivity index (χ4v) is 3.25. The van der Waals surface area contributed by atoms with Crippen LogP contribution in [0.15, 0.2) is 34.1 Å². The Balaban J connectivity index is 2.31. The van der Waals surface area contributed by atoms with Gasteiger partial charge < -0.3 is 4.90 Å². The summed E-state index contributed by atoms with van der Waals surface area (Å²) in [6.45, 7) is 4.07. The molecule has 0 spiro atoms. The lowest BCUT2D eigenvalue weighted by Crippen LogP contribution is -2.26. The lowest BCUT2D eigenvalue weighted by Gasteiger charge is -2.19. The molecule has 0 aliphatic carbocycles. The quantitative estimate of drug-likeness (QED) is 0.801. The van der Waals surface area contributed by atoms with Crippen molar-refractivity contribution < 1.29 is 4.79 Å². The van der Waals surface area contributed by atoms with Gasteiger partial charge in [-0.05, 0) is 53.5 Å². The Kier molecular flexibility index (Phi) is 3.88. The summed E-state index contributed by atoms with van der Waals surface area (Å²) in [4.78, 5) is 14.8. The van der Waals surface area contributed by atoms with E-state index in [1.54, 1.807) is 4.90 Å². The largest absolute Gasteiger partial charge is 0.310 e. The number of thiophene rings is 1. The summed E-state index contributed by atoms with van der Waals surface area (Å²) >= 11 is 4.83. The van der Waals surface area contributed by atoms with Gasteiger partial charge >= 0.3 is 0 Å². The number of anilines is 1. The molecule has 0 unspecified atom stereocenters. The van der Waals surface area contributed by atoms with Gasteiger partial charge in [-0.1, -0.05) is 17.7 Å². The van der Waals surface area contributed by atoms with Crippen LogP contribution in [0.5, 0.6) is 0 Å². The molecule has 4 heteroatoms. The number of hydrogen-bond acceptors (Lipinski definition) is 2. The van der Waals surface area contributed by atoms with E-state index in [0.29, 0.717) is 0 Å². The van der Waals surface area contributed by atoms with Crippen LogP contribution in [0.3, 0.4) is 0 Å². The van der Waals surface area contributed by atoms with E-state index in [9.17, 15) is 4.79 Å². The molecule has 94 valence electrons. The molecule has 0 aliphatic rings. The first-order chi connectivity index (χ1) is 8.49. The zero-order valence-corrected chi connectivity index (χ0v) is 12.9. The van der Waals surface area contributed by atoms with E-state index in [1.165, 1.54) is 16.9 Å². The average molecular weight is 324 g/mol.